The van der Waals surface area contributed by atoms with Gasteiger partial charge in [-0.1, -0.05) is 0 Å². The molecule has 0 spiro atoms. The summed E-state index contributed by atoms with van der Waals surface area (Å²) in [6, 6.07) is 5.73. The molecule has 0 saturated carbocycles. The Morgan fingerprint density at radius 2 is 2.07 bits per heavy atom. The van der Waals surface area contributed by atoms with Crippen molar-refractivity contribution in [1.29, 1.82) is 0 Å². The molecule has 0 bridgehead atoms. The van der Waals surface area contributed by atoms with Crippen LogP contribution in [0.15, 0.2) is 23.1 Å². The van der Waals surface area contributed by atoms with Crippen LogP contribution in [0, 0.1) is 6.92 Å². The summed E-state index contributed by atoms with van der Waals surface area (Å²) in [5.74, 6) is 0.795. The standard InChI is InChI=1S/C10H15NO2S2/c1-8-7-9(3-4-10(8)11)14-5-6-15(2,12)13/h3-4,7H,5-6,11H2,1-2H3. The zero-order valence-electron chi connectivity index (χ0n) is 8.86. The number of thioether (sulfide) groups is 1. The van der Waals surface area contributed by atoms with Gasteiger partial charge in [-0.15, -0.1) is 11.8 Å². The lowest BCUT2D eigenvalue weighted by atomic mass is 10.2. The van der Waals surface area contributed by atoms with Gasteiger partial charge in [-0.3, -0.25) is 0 Å². The Morgan fingerprint density at radius 3 is 2.60 bits per heavy atom. The van der Waals surface area contributed by atoms with Crippen LogP contribution in [0.2, 0.25) is 0 Å². The van der Waals surface area contributed by atoms with Crippen LogP contribution in [0.25, 0.3) is 0 Å². The average molecular weight is 245 g/mol. The third-order valence-corrected chi connectivity index (χ3v) is 4.16. The molecule has 1 aromatic carbocycles. The molecule has 0 heterocycles. The Kier molecular flexibility index (Phi) is 4.04. The first-order chi connectivity index (χ1) is 6.88. The van der Waals surface area contributed by atoms with E-state index in [-0.39, 0.29) is 5.75 Å². The predicted octanol–water partition coefficient (Wildman–Crippen LogP) is 1.71. The zero-order valence-corrected chi connectivity index (χ0v) is 10.5. The Balaban J connectivity index is 2.55. The maximum absolute atomic E-state index is 10.9. The highest BCUT2D eigenvalue weighted by atomic mass is 32.2. The maximum atomic E-state index is 10.9. The second-order valence-corrected chi connectivity index (χ2v) is 6.92. The van der Waals surface area contributed by atoms with Crippen molar-refractivity contribution >= 4 is 27.3 Å². The molecule has 0 aliphatic heterocycles. The van der Waals surface area contributed by atoms with E-state index in [1.165, 1.54) is 18.0 Å². The minimum absolute atomic E-state index is 0.209. The summed E-state index contributed by atoms with van der Waals surface area (Å²) in [4.78, 5) is 1.06. The van der Waals surface area contributed by atoms with Gasteiger partial charge < -0.3 is 5.73 Å². The number of anilines is 1. The van der Waals surface area contributed by atoms with Crippen molar-refractivity contribution in [2.24, 2.45) is 0 Å². The van der Waals surface area contributed by atoms with Crippen LogP contribution < -0.4 is 5.73 Å². The van der Waals surface area contributed by atoms with Crippen LogP contribution in [0.3, 0.4) is 0 Å². The largest absolute Gasteiger partial charge is 0.399 e. The van der Waals surface area contributed by atoms with Gasteiger partial charge in [0.15, 0.2) is 0 Å². The van der Waals surface area contributed by atoms with Crippen LogP contribution in [0.5, 0.6) is 0 Å². The lowest BCUT2D eigenvalue weighted by molar-refractivity contribution is 0.603. The van der Waals surface area contributed by atoms with Crippen LogP contribution in [0.1, 0.15) is 5.56 Å². The van der Waals surface area contributed by atoms with Gasteiger partial charge in [0, 0.05) is 22.6 Å². The van der Waals surface area contributed by atoms with E-state index in [9.17, 15) is 8.42 Å². The molecule has 1 aromatic rings. The minimum Gasteiger partial charge on any atom is -0.399 e. The number of aryl methyl sites for hydroxylation is 1. The number of hydrogen-bond acceptors (Lipinski definition) is 4. The van der Waals surface area contributed by atoms with Crippen molar-refractivity contribution < 1.29 is 8.42 Å². The number of hydrogen-bond donors (Lipinski definition) is 1. The van der Waals surface area contributed by atoms with E-state index < -0.39 is 9.84 Å². The highest BCUT2D eigenvalue weighted by Gasteiger charge is 2.03. The molecular weight excluding hydrogens is 230 g/mol. The summed E-state index contributed by atoms with van der Waals surface area (Å²) in [5, 5.41) is 0. The molecule has 1 rings (SSSR count). The molecule has 5 heteroatoms. The summed E-state index contributed by atoms with van der Waals surface area (Å²) >= 11 is 1.54. The number of sulfone groups is 1. The molecule has 0 aliphatic carbocycles. The first-order valence-corrected chi connectivity index (χ1v) is 7.60. The second kappa shape index (κ2) is 4.90. The lowest BCUT2D eigenvalue weighted by Gasteiger charge is -2.04. The summed E-state index contributed by atoms with van der Waals surface area (Å²) in [5.41, 5.74) is 7.47. The quantitative estimate of drug-likeness (QED) is 0.648. The van der Waals surface area contributed by atoms with Gasteiger partial charge in [-0.05, 0) is 30.7 Å². The molecule has 0 atom stereocenters. The Morgan fingerprint density at radius 1 is 1.40 bits per heavy atom. The summed E-state index contributed by atoms with van der Waals surface area (Å²) in [7, 11) is -2.86. The van der Waals surface area contributed by atoms with Gasteiger partial charge in [0.25, 0.3) is 0 Å². The van der Waals surface area contributed by atoms with Gasteiger partial charge >= 0.3 is 0 Å². The normalized spacial score (nSPS) is 11.6. The number of rotatable bonds is 4. The van der Waals surface area contributed by atoms with E-state index >= 15 is 0 Å². The number of nitrogen functional groups attached to an aromatic ring is 1. The van der Waals surface area contributed by atoms with Crippen LogP contribution >= 0.6 is 11.8 Å². The lowest BCUT2D eigenvalue weighted by Crippen LogP contribution is -2.04. The van der Waals surface area contributed by atoms with E-state index in [0.717, 1.165) is 16.1 Å². The van der Waals surface area contributed by atoms with Gasteiger partial charge in [-0.2, -0.15) is 0 Å². The minimum atomic E-state index is -2.86. The Labute approximate surface area is 95.0 Å². The molecule has 0 amide bonds. The van der Waals surface area contributed by atoms with Gasteiger partial charge in [0.1, 0.15) is 9.84 Å². The molecule has 84 valence electrons. The molecule has 0 unspecified atom stereocenters. The predicted molar refractivity (Wildman–Crippen MR) is 66.0 cm³/mol. The molecule has 0 saturated heterocycles. The van der Waals surface area contributed by atoms with Gasteiger partial charge in [0.05, 0.1) is 5.75 Å². The van der Waals surface area contributed by atoms with E-state index in [0.29, 0.717) is 5.75 Å². The van der Waals surface area contributed by atoms with Crippen molar-refractivity contribution in [2.75, 3.05) is 23.5 Å². The highest BCUT2D eigenvalue weighted by Crippen LogP contribution is 2.22. The van der Waals surface area contributed by atoms with E-state index in [2.05, 4.69) is 0 Å². The molecule has 2 N–H and O–H groups in total. The third-order valence-electron chi connectivity index (χ3n) is 1.96. The fourth-order valence-corrected chi connectivity index (χ4v) is 3.25. The van der Waals surface area contributed by atoms with Crippen molar-refractivity contribution in [2.45, 2.75) is 11.8 Å². The molecule has 0 radical (unpaired) electrons. The topological polar surface area (TPSA) is 60.2 Å². The third kappa shape index (κ3) is 4.57. The zero-order chi connectivity index (χ0) is 11.5. The molecule has 0 fully saturated rings. The number of benzene rings is 1. The van der Waals surface area contributed by atoms with E-state index in [1.807, 2.05) is 25.1 Å². The molecular formula is C10H15NO2S2. The molecule has 3 nitrogen and oxygen atoms in total. The SMILES string of the molecule is Cc1cc(SCCS(C)(=O)=O)ccc1N. The van der Waals surface area contributed by atoms with Crippen LogP contribution in [0.4, 0.5) is 5.69 Å². The monoisotopic (exact) mass is 245 g/mol. The summed E-state index contributed by atoms with van der Waals surface area (Å²) in [6.07, 6.45) is 1.25. The highest BCUT2D eigenvalue weighted by molar-refractivity contribution is 8.00. The van der Waals surface area contributed by atoms with Gasteiger partial charge in [-0.25, -0.2) is 8.42 Å². The van der Waals surface area contributed by atoms with Crippen LogP contribution in [-0.2, 0) is 9.84 Å². The number of nitrogens with two attached hydrogens (primary N) is 1. The van der Waals surface area contributed by atoms with E-state index in [4.69, 9.17) is 5.73 Å². The smallest absolute Gasteiger partial charge is 0.148 e. The van der Waals surface area contributed by atoms with Crippen molar-refractivity contribution in [1.82, 2.24) is 0 Å². The molecule has 15 heavy (non-hydrogen) atoms. The van der Waals surface area contributed by atoms with Crippen molar-refractivity contribution in [3.8, 4) is 0 Å². The fraction of sp³-hybridized carbons (Fsp3) is 0.400. The van der Waals surface area contributed by atoms with Gasteiger partial charge in [0.2, 0.25) is 0 Å². The van der Waals surface area contributed by atoms with E-state index in [1.54, 1.807) is 0 Å². The van der Waals surface area contributed by atoms with Crippen molar-refractivity contribution in [3.63, 3.8) is 0 Å². The maximum Gasteiger partial charge on any atom is 0.148 e. The summed E-state index contributed by atoms with van der Waals surface area (Å²) < 4.78 is 21.8. The van der Waals surface area contributed by atoms with Crippen LogP contribution in [-0.4, -0.2) is 26.2 Å². The second-order valence-electron chi connectivity index (χ2n) is 3.50. The molecule has 0 aliphatic rings. The first kappa shape index (κ1) is 12.4. The first-order valence-electron chi connectivity index (χ1n) is 4.55. The van der Waals surface area contributed by atoms with Crippen molar-refractivity contribution in [3.05, 3.63) is 23.8 Å². The fourth-order valence-electron chi connectivity index (χ4n) is 1.05. The molecule has 0 aromatic heterocycles. The Hall–Kier alpha value is -0.680. The average Bonchev–Trinajstić information content (AvgIpc) is 2.09. The summed E-state index contributed by atoms with van der Waals surface area (Å²) in [6.45, 7) is 1.94. The Bertz CT molecular complexity index is 441.